The maximum Gasteiger partial charge on any atom is 0.255 e. The van der Waals surface area contributed by atoms with E-state index in [-0.39, 0.29) is 17.6 Å². The lowest BCUT2D eigenvalue weighted by Gasteiger charge is -2.18. The zero-order valence-electron chi connectivity index (χ0n) is 16.0. The lowest BCUT2D eigenvalue weighted by molar-refractivity contribution is -0.128. The summed E-state index contributed by atoms with van der Waals surface area (Å²) in [7, 11) is 0. The van der Waals surface area contributed by atoms with Crippen LogP contribution in [-0.4, -0.2) is 28.4 Å². The standard InChI is InChI=1S/C23H26N2O3/c26-21-13-19-5-2-1-4-18(19)12-20(21)23(28)24-14-16-7-9-17(10-8-16)15-25-11-3-6-22(25)27/h7-10,12-13,26H,1-6,11,14-15H2,(H,24,28). The van der Waals surface area contributed by atoms with Crippen molar-refractivity contribution < 1.29 is 14.7 Å². The number of benzene rings is 2. The van der Waals surface area contributed by atoms with Crippen molar-refractivity contribution in [3.05, 3.63) is 64.2 Å². The molecule has 5 nitrogen and oxygen atoms in total. The minimum atomic E-state index is -0.252. The van der Waals surface area contributed by atoms with Crippen molar-refractivity contribution >= 4 is 11.8 Å². The fourth-order valence-electron chi connectivity index (χ4n) is 4.09. The lowest BCUT2D eigenvalue weighted by atomic mass is 9.90. The average Bonchev–Trinajstić information content (AvgIpc) is 3.11. The molecule has 1 aliphatic carbocycles. The zero-order chi connectivity index (χ0) is 19.5. The molecule has 2 N–H and O–H groups in total. The number of carbonyl (C=O) groups is 2. The molecule has 2 aromatic rings. The number of aryl methyl sites for hydroxylation is 2. The maximum absolute atomic E-state index is 12.5. The first kappa shape index (κ1) is 18.5. The van der Waals surface area contributed by atoms with E-state index in [4.69, 9.17) is 0 Å². The van der Waals surface area contributed by atoms with Gasteiger partial charge in [-0.2, -0.15) is 0 Å². The third kappa shape index (κ3) is 4.03. The van der Waals surface area contributed by atoms with Crippen molar-refractivity contribution in [3.63, 3.8) is 0 Å². The third-order valence-corrected chi connectivity index (χ3v) is 5.73. The molecule has 146 valence electrons. The van der Waals surface area contributed by atoms with E-state index in [0.29, 0.717) is 25.1 Å². The largest absolute Gasteiger partial charge is 0.507 e. The molecule has 0 spiro atoms. The van der Waals surface area contributed by atoms with Crippen LogP contribution < -0.4 is 5.32 Å². The van der Waals surface area contributed by atoms with Gasteiger partial charge in [-0.15, -0.1) is 0 Å². The molecule has 0 radical (unpaired) electrons. The fraction of sp³-hybridized carbons (Fsp3) is 0.391. The number of carbonyl (C=O) groups excluding carboxylic acids is 2. The van der Waals surface area contributed by atoms with E-state index in [1.54, 1.807) is 6.07 Å². The Labute approximate surface area is 165 Å². The summed E-state index contributed by atoms with van der Waals surface area (Å²) < 4.78 is 0. The summed E-state index contributed by atoms with van der Waals surface area (Å²) in [5, 5.41) is 13.1. The van der Waals surface area contributed by atoms with Crippen LogP contribution >= 0.6 is 0 Å². The molecular weight excluding hydrogens is 352 g/mol. The number of aromatic hydroxyl groups is 1. The van der Waals surface area contributed by atoms with Crippen LogP contribution in [0.25, 0.3) is 0 Å². The molecule has 1 fully saturated rings. The van der Waals surface area contributed by atoms with E-state index in [1.807, 2.05) is 35.2 Å². The lowest BCUT2D eigenvalue weighted by Crippen LogP contribution is -2.24. The van der Waals surface area contributed by atoms with Gasteiger partial charge in [-0.05, 0) is 66.5 Å². The third-order valence-electron chi connectivity index (χ3n) is 5.73. The molecule has 0 atom stereocenters. The molecule has 1 saturated heterocycles. The Kier molecular flexibility index (Phi) is 5.33. The number of phenols is 1. The van der Waals surface area contributed by atoms with Gasteiger partial charge in [-0.3, -0.25) is 9.59 Å². The number of hydrogen-bond donors (Lipinski definition) is 2. The first-order chi connectivity index (χ1) is 13.6. The van der Waals surface area contributed by atoms with E-state index in [1.165, 1.54) is 5.56 Å². The molecule has 1 aliphatic heterocycles. The molecule has 5 heteroatoms. The number of nitrogens with zero attached hydrogens (tertiary/aromatic N) is 1. The van der Waals surface area contributed by atoms with Crippen LogP contribution in [0.5, 0.6) is 5.75 Å². The first-order valence-electron chi connectivity index (χ1n) is 10.1. The smallest absolute Gasteiger partial charge is 0.255 e. The van der Waals surface area contributed by atoms with Gasteiger partial charge in [-0.25, -0.2) is 0 Å². The van der Waals surface area contributed by atoms with Gasteiger partial charge in [0, 0.05) is 26.1 Å². The number of fused-ring (bicyclic) bond motifs is 1. The van der Waals surface area contributed by atoms with Gasteiger partial charge in [0.2, 0.25) is 5.91 Å². The highest BCUT2D eigenvalue weighted by molar-refractivity contribution is 5.97. The van der Waals surface area contributed by atoms with Crippen LogP contribution in [0.15, 0.2) is 36.4 Å². The topological polar surface area (TPSA) is 69.6 Å². The normalized spacial score (nSPS) is 16.1. The van der Waals surface area contributed by atoms with Crippen LogP contribution in [0.1, 0.15) is 58.3 Å². The minimum Gasteiger partial charge on any atom is -0.507 e. The Morgan fingerprint density at radius 2 is 1.64 bits per heavy atom. The van der Waals surface area contributed by atoms with Crippen LogP contribution in [0.4, 0.5) is 0 Å². The number of likely N-dealkylation sites (tertiary alicyclic amines) is 1. The Hall–Kier alpha value is -2.82. The maximum atomic E-state index is 12.5. The summed E-state index contributed by atoms with van der Waals surface area (Å²) >= 11 is 0. The van der Waals surface area contributed by atoms with Gasteiger partial charge >= 0.3 is 0 Å². The fourth-order valence-corrected chi connectivity index (χ4v) is 4.09. The van der Waals surface area contributed by atoms with Gasteiger partial charge in [-0.1, -0.05) is 24.3 Å². The highest BCUT2D eigenvalue weighted by Crippen LogP contribution is 2.28. The summed E-state index contributed by atoms with van der Waals surface area (Å²) in [6, 6.07) is 11.5. The predicted molar refractivity (Wildman–Crippen MR) is 107 cm³/mol. The van der Waals surface area contributed by atoms with Crippen molar-refractivity contribution in [2.75, 3.05) is 6.54 Å². The summed E-state index contributed by atoms with van der Waals surface area (Å²) in [5.74, 6) is 0.0302. The van der Waals surface area contributed by atoms with E-state index in [9.17, 15) is 14.7 Å². The number of hydrogen-bond acceptors (Lipinski definition) is 3. The van der Waals surface area contributed by atoms with Gasteiger partial charge in [0.25, 0.3) is 5.91 Å². The Bertz CT molecular complexity index is 889. The highest BCUT2D eigenvalue weighted by atomic mass is 16.3. The summed E-state index contributed by atoms with van der Waals surface area (Å²) in [6.45, 7) is 1.88. The second-order valence-electron chi connectivity index (χ2n) is 7.76. The summed E-state index contributed by atoms with van der Waals surface area (Å²) in [5.41, 5.74) is 4.77. The van der Waals surface area contributed by atoms with Crippen molar-refractivity contribution in [3.8, 4) is 5.75 Å². The van der Waals surface area contributed by atoms with Gasteiger partial charge in [0.05, 0.1) is 5.56 Å². The number of nitrogens with one attached hydrogen (secondary N) is 1. The van der Waals surface area contributed by atoms with E-state index < -0.39 is 0 Å². The van der Waals surface area contributed by atoms with E-state index in [0.717, 1.165) is 55.3 Å². The van der Waals surface area contributed by atoms with Crippen molar-refractivity contribution in [2.45, 2.75) is 51.6 Å². The van der Waals surface area contributed by atoms with Crippen LogP contribution in [-0.2, 0) is 30.7 Å². The Balaban J connectivity index is 1.36. The average molecular weight is 378 g/mol. The molecule has 2 amide bonds. The molecule has 28 heavy (non-hydrogen) atoms. The predicted octanol–water partition coefficient (Wildman–Crippen LogP) is 3.32. The molecule has 1 heterocycles. The molecule has 4 rings (SSSR count). The second kappa shape index (κ2) is 8.05. The van der Waals surface area contributed by atoms with Crippen LogP contribution in [0.2, 0.25) is 0 Å². The molecule has 0 unspecified atom stereocenters. The van der Waals surface area contributed by atoms with Gasteiger partial charge in [0.15, 0.2) is 0 Å². The van der Waals surface area contributed by atoms with E-state index >= 15 is 0 Å². The molecule has 0 bridgehead atoms. The second-order valence-corrected chi connectivity index (χ2v) is 7.76. The molecule has 0 aromatic heterocycles. The van der Waals surface area contributed by atoms with Crippen LogP contribution in [0, 0.1) is 0 Å². The number of amides is 2. The summed E-state index contributed by atoms with van der Waals surface area (Å²) in [4.78, 5) is 26.2. The van der Waals surface area contributed by atoms with Crippen molar-refractivity contribution in [1.29, 1.82) is 0 Å². The summed E-state index contributed by atoms with van der Waals surface area (Å²) in [6.07, 6.45) is 5.81. The Morgan fingerprint density at radius 1 is 0.964 bits per heavy atom. The van der Waals surface area contributed by atoms with Crippen LogP contribution in [0.3, 0.4) is 0 Å². The molecular formula is C23H26N2O3. The van der Waals surface area contributed by atoms with Gasteiger partial charge < -0.3 is 15.3 Å². The Morgan fingerprint density at radius 3 is 2.32 bits per heavy atom. The minimum absolute atomic E-state index is 0.0591. The van der Waals surface area contributed by atoms with Crippen molar-refractivity contribution in [2.24, 2.45) is 0 Å². The molecule has 2 aliphatic rings. The van der Waals surface area contributed by atoms with Gasteiger partial charge in [0.1, 0.15) is 5.75 Å². The SMILES string of the molecule is O=C(NCc1ccc(CN2CCCC2=O)cc1)c1cc2c(cc1O)CCCC2. The molecule has 2 aromatic carbocycles. The monoisotopic (exact) mass is 378 g/mol. The molecule has 0 saturated carbocycles. The zero-order valence-corrected chi connectivity index (χ0v) is 16.0. The van der Waals surface area contributed by atoms with E-state index in [2.05, 4.69) is 5.32 Å². The highest BCUT2D eigenvalue weighted by Gasteiger charge is 2.20. The number of rotatable bonds is 5. The quantitative estimate of drug-likeness (QED) is 0.839. The number of phenolic OH excluding ortho intramolecular Hbond substituents is 1. The first-order valence-corrected chi connectivity index (χ1v) is 10.1. The van der Waals surface area contributed by atoms with Crippen molar-refractivity contribution in [1.82, 2.24) is 10.2 Å².